The van der Waals surface area contributed by atoms with Crippen molar-refractivity contribution in [2.45, 2.75) is 24.4 Å². The first kappa shape index (κ1) is 23.0. The van der Waals surface area contributed by atoms with E-state index in [0.717, 1.165) is 23.2 Å². The van der Waals surface area contributed by atoms with Crippen LogP contribution in [0.1, 0.15) is 12.6 Å². The van der Waals surface area contributed by atoms with Gasteiger partial charge in [0.1, 0.15) is 5.69 Å². The number of halogens is 3. The number of alkyl halides is 3. The summed E-state index contributed by atoms with van der Waals surface area (Å²) in [5.74, 6) is -2.07. The molecule has 0 aliphatic carbocycles. The quantitative estimate of drug-likeness (QED) is 0.636. The van der Waals surface area contributed by atoms with Crippen LogP contribution < -0.4 is 0 Å². The standard InChI is InChI=1S/C16H16N4O2S.C2HF3O2/c1-3-13-9-19-16(20-13)15-7-11(4-5-18-15)12-6-14(10-17-8-12)23(2,21)22;3-2(4,5)1(6)7/h4-10H,3H2,1-2H3,(H,19,20);(H,6,7). The van der Waals surface area contributed by atoms with Gasteiger partial charge in [-0.05, 0) is 30.2 Å². The number of aromatic amines is 1. The van der Waals surface area contributed by atoms with Gasteiger partial charge in [-0.1, -0.05) is 6.92 Å². The molecule has 8 nitrogen and oxygen atoms in total. The number of carbonyl (C=O) groups is 1. The van der Waals surface area contributed by atoms with E-state index in [-0.39, 0.29) is 4.90 Å². The molecule has 0 aliphatic rings. The third-order valence-corrected chi connectivity index (χ3v) is 4.81. The number of carboxylic acid groups (broad SMARTS) is 1. The van der Waals surface area contributed by atoms with Gasteiger partial charge >= 0.3 is 12.1 Å². The molecule has 3 aromatic heterocycles. The summed E-state index contributed by atoms with van der Waals surface area (Å²) in [6.45, 7) is 2.05. The number of nitrogens with zero attached hydrogens (tertiary/aromatic N) is 3. The first-order chi connectivity index (χ1) is 13.9. The summed E-state index contributed by atoms with van der Waals surface area (Å²) in [4.78, 5) is 25.0. The normalized spacial score (nSPS) is 11.5. The topological polar surface area (TPSA) is 126 Å². The van der Waals surface area contributed by atoms with E-state index < -0.39 is 22.0 Å². The molecular formula is C18H17F3N4O4S. The highest BCUT2D eigenvalue weighted by Crippen LogP contribution is 2.24. The fourth-order valence-corrected chi connectivity index (χ4v) is 2.78. The van der Waals surface area contributed by atoms with Gasteiger partial charge in [0, 0.05) is 42.3 Å². The molecule has 0 aromatic carbocycles. The molecule has 3 rings (SSSR count). The molecule has 0 saturated heterocycles. The Labute approximate surface area is 169 Å². The van der Waals surface area contributed by atoms with Gasteiger partial charge in [0.15, 0.2) is 15.7 Å². The van der Waals surface area contributed by atoms with Crippen molar-refractivity contribution in [1.82, 2.24) is 19.9 Å². The molecule has 0 atom stereocenters. The van der Waals surface area contributed by atoms with E-state index in [4.69, 9.17) is 9.90 Å². The van der Waals surface area contributed by atoms with Gasteiger partial charge < -0.3 is 10.1 Å². The monoisotopic (exact) mass is 442 g/mol. The predicted octanol–water partition coefficient (Wildman–Crippen LogP) is 3.13. The maximum absolute atomic E-state index is 11.7. The van der Waals surface area contributed by atoms with Crippen molar-refractivity contribution in [3.05, 3.63) is 48.7 Å². The fourth-order valence-electron chi connectivity index (χ4n) is 2.19. The van der Waals surface area contributed by atoms with Crippen LogP contribution in [0.3, 0.4) is 0 Å². The first-order valence-corrected chi connectivity index (χ1v) is 10.3. The molecule has 0 aliphatic heterocycles. The molecule has 2 N–H and O–H groups in total. The number of H-pyrrole nitrogens is 1. The number of nitrogens with one attached hydrogen (secondary N) is 1. The highest BCUT2D eigenvalue weighted by Gasteiger charge is 2.38. The Hall–Kier alpha value is -3.28. The van der Waals surface area contributed by atoms with Crippen molar-refractivity contribution in [1.29, 1.82) is 0 Å². The molecule has 0 bridgehead atoms. The zero-order valence-corrected chi connectivity index (χ0v) is 16.6. The summed E-state index contributed by atoms with van der Waals surface area (Å²) < 4.78 is 55.1. The molecular weight excluding hydrogens is 425 g/mol. The molecule has 0 radical (unpaired) electrons. The van der Waals surface area contributed by atoms with Crippen LogP contribution in [0, 0.1) is 0 Å². The highest BCUT2D eigenvalue weighted by atomic mass is 32.2. The van der Waals surface area contributed by atoms with Gasteiger partial charge in [0.05, 0.1) is 4.90 Å². The number of sulfone groups is 1. The predicted molar refractivity (Wildman–Crippen MR) is 101 cm³/mol. The number of imidazole rings is 1. The summed E-state index contributed by atoms with van der Waals surface area (Å²) >= 11 is 0. The molecule has 0 fully saturated rings. The number of aromatic nitrogens is 4. The molecule has 12 heteroatoms. The van der Waals surface area contributed by atoms with Crippen LogP contribution in [0.5, 0.6) is 0 Å². The van der Waals surface area contributed by atoms with E-state index in [0.29, 0.717) is 11.5 Å². The first-order valence-electron chi connectivity index (χ1n) is 8.37. The second kappa shape index (κ2) is 9.03. The van der Waals surface area contributed by atoms with E-state index in [1.54, 1.807) is 24.7 Å². The van der Waals surface area contributed by atoms with Crippen molar-refractivity contribution in [3.8, 4) is 22.6 Å². The summed E-state index contributed by atoms with van der Waals surface area (Å²) in [5.41, 5.74) is 3.29. The fraction of sp³-hybridized carbons (Fsp3) is 0.222. The van der Waals surface area contributed by atoms with Crippen LogP contribution >= 0.6 is 0 Å². The zero-order chi connectivity index (χ0) is 22.5. The molecule has 0 saturated carbocycles. The lowest BCUT2D eigenvalue weighted by Crippen LogP contribution is -2.21. The Morgan fingerprint density at radius 3 is 2.33 bits per heavy atom. The summed E-state index contributed by atoms with van der Waals surface area (Å²) in [6, 6.07) is 5.29. The minimum Gasteiger partial charge on any atom is -0.475 e. The summed E-state index contributed by atoms with van der Waals surface area (Å²) in [7, 11) is -3.29. The molecule has 0 unspecified atom stereocenters. The van der Waals surface area contributed by atoms with Crippen molar-refractivity contribution in [2.75, 3.05) is 6.26 Å². The largest absolute Gasteiger partial charge is 0.490 e. The molecule has 3 heterocycles. The van der Waals surface area contributed by atoms with Gasteiger partial charge in [-0.15, -0.1) is 0 Å². The molecule has 0 amide bonds. The van der Waals surface area contributed by atoms with E-state index >= 15 is 0 Å². The summed E-state index contributed by atoms with van der Waals surface area (Å²) in [5, 5.41) is 7.12. The van der Waals surface area contributed by atoms with Gasteiger partial charge in [-0.25, -0.2) is 18.2 Å². The Morgan fingerprint density at radius 1 is 1.13 bits per heavy atom. The number of rotatable bonds is 4. The summed E-state index contributed by atoms with van der Waals surface area (Å²) in [6.07, 6.45) is 3.39. The zero-order valence-electron chi connectivity index (χ0n) is 15.8. The third kappa shape index (κ3) is 6.11. The van der Waals surface area contributed by atoms with Crippen LogP contribution in [0.25, 0.3) is 22.6 Å². The smallest absolute Gasteiger partial charge is 0.475 e. The van der Waals surface area contributed by atoms with Gasteiger partial charge in [0.25, 0.3) is 0 Å². The molecule has 30 heavy (non-hydrogen) atoms. The molecule has 0 spiro atoms. The van der Waals surface area contributed by atoms with Crippen LogP contribution in [-0.2, 0) is 21.1 Å². The Balaban J connectivity index is 0.000000396. The number of hydrogen-bond acceptors (Lipinski definition) is 6. The highest BCUT2D eigenvalue weighted by molar-refractivity contribution is 7.90. The number of hydrogen-bond donors (Lipinski definition) is 2. The molecule has 160 valence electrons. The van der Waals surface area contributed by atoms with E-state index in [9.17, 15) is 21.6 Å². The second-order valence-electron chi connectivity index (χ2n) is 6.02. The average molecular weight is 442 g/mol. The lowest BCUT2D eigenvalue weighted by atomic mass is 10.1. The minimum absolute atomic E-state index is 0.194. The average Bonchev–Trinajstić information content (AvgIpc) is 3.17. The third-order valence-electron chi connectivity index (χ3n) is 3.73. The lowest BCUT2D eigenvalue weighted by molar-refractivity contribution is -0.192. The van der Waals surface area contributed by atoms with Crippen molar-refractivity contribution in [2.24, 2.45) is 0 Å². The number of carboxylic acids is 1. The second-order valence-corrected chi connectivity index (χ2v) is 8.04. The maximum atomic E-state index is 11.7. The van der Waals surface area contributed by atoms with E-state index in [1.165, 1.54) is 12.5 Å². The SMILES string of the molecule is CCc1cnc(-c2cc(-c3cncc(S(C)(=O)=O)c3)ccn2)[nH]1.O=C(O)C(F)(F)F. The number of aryl methyl sites for hydroxylation is 1. The van der Waals surface area contributed by atoms with Gasteiger partial charge in [0.2, 0.25) is 0 Å². The van der Waals surface area contributed by atoms with Gasteiger partial charge in [-0.2, -0.15) is 13.2 Å². The van der Waals surface area contributed by atoms with Crippen molar-refractivity contribution >= 4 is 15.8 Å². The Bertz CT molecular complexity index is 1140. The van der Waals surface area contributed by atoms with Crippen LogP contribution in [0.4, 0.5) is 13.2 Å². The van der Waals surface area contributed by atoms with Gasteiger partial charge in [-0.3, -0.25) is 9.97 Å². The molecule has 3 aromatic rings. The van der Waals surface area contributed by atoms with Crippen LogP contribution in [0.2, 0.25) is 0 Å². The van der Waals surface area contributed by atoms with E-state index in [1.807, 2.05) is 19.1 Å². The number of pyridine rings is 2. The van der Waals surface area contributed by atoms with E-state index in [2.05, 4.69) is 19.9 Å². The minimum atomic E-state index is -5.08. The Kier molecular flexibility index (Phi) is 6.92. The van der Waals surface area contributed by atoms with Crippen molar-refractivity contribution in [3.63, 3.8) is 0 Å². The van der Waals surface area contributed by atoms with Crippen molar-refractivity contribution < 1.29 is 31.5 Å². The lowest BCUT2D eigenvalue weighted by Gasteiger charge is -2.05. The van der Waals surface area contributed by atoms with Crippen LogP contribution in [-0.4, -0.2) is 51.9 Å². The maximum Gasteiger partial charge on any atom is 0.490 e. The number of aliphatic carboxylic acids is 1. The Morgan fingerprint density at radius 2 is 1.80 bits per heavy atom. The van der Waals surface area contributed by atoms with Crippen LogP contribution in [0.15, 0.2) is 47.9 Å².